The van der Waals surface area contributed by atoms with Crippen molar-refractivity contribution in [1.82, 2.24) is 0 Å². The van der Waals surface area contributed by atoms with Crippen molar-refractivity contribution in [3.8, 4) is 5.75 Å². The smallest absolute Gasteiger partial charge is 0.450 e. The Balaban J connectivity index is 2.10. The van der Waals surface area contributed by atoms with Gasteiger partial charge in [0.2, 0.25) is 11.6 Å². The Hall–Kier alpha value is -3.03. The number of ketones is 3. The monoisotopic (exact) mass is 668 g/mol. The van der Waals surface area contributed by atoms with Gasteiger partial charge in [0.05, 0.1) is 46.2 Å². The molecule has 0 aliphatic heterocycles. The van der Waals surface area contributed by atoms with Crippen LogP contribution in [0.3, 0.4) is 0 Å². The van der Waals surface area contributed by atoms with Crippen LogP contribution in [-0.4, -0.2) is 89.2 Å². The lowest BCUT2D eigenvalue weighted by Gasteiger charge is -2.17. The standard InChI is InChI=1S/C32H42F6O8/c1-2-3-4-5-6-7-8-9-10-15-42-16-17-43-18-19-44-20-21-45-22-23-46-26-13-11-25(12-14-26)28(39)24-27(29(40)31(33,34)35)30(41)32(36,37)38/h3,11-14,27H,1,4-10,15-24H2. The van der Waals surface area contributed by atoms with Crippen LogP contribution in [0.25, 0.3) is 0 Å². The van der Waals surface area contributed by atoms with Gasteiger partial charge in [-0.15, -0.1) is 5.73 Å². The molecule has 0 aromatic heterocycles. The lowest BCUT2D eigenvalue weighted by Crippen LogP contribution is -2.42. The molecule has 0 fully saturated rings. The average Bonchev–Trinajstić information content (AvgIpc) is 3.01. The lowest BCUT2D eigenvalue weighted by atomic mass is 9.90. The third-order valence-electron chi connectivity index (χ3n) is 6.40. The predicted molar refractivity (Wildman–Crippen MR) is 156 cm³/mol. The Labute approximate surface area is 265 Å². The molecular formula is C32H42F6O8. The van der Waals surface area contributed by atoms with E-state index in [0.717, 1.165) is 38.0 Å². The fourth-order valence-electron chi connectivity index (χ4n) is 3.98. The van der Waals surface area contributed by atoms with Gasteiger partial charge in [0.15, 0.2) is 5.78 Å². The van der Waals surface area contributed by atoms with Gasteiger partial charge in [-0.25, -0.2) is 0 Å². The van der Waals surface area contributed by atoms with E-state index in [9.17, 15) is 40.7 Å². The zero-order valence-electron chi connectivity index (χ0n) is 25.7. The number of allylic oxidation sites excluding steroid dienone is 1. The second-order valence-corrected chi connectivity index (χ2v) is 10.0. The Morgan fingerprint density at radius 3 is 1.57 bits per heavy atom. The molecule has 0 unspecified atom stereocenters. The Kier molecular flexibility index (Phi) is 20.8. The minimum Gasteiger partial charge on any atom is -0.491 e. The number of hydrogen-bond donors (Lipinski definition) is 0. The molecule has 260 valence electrons. The lowest BCUT2D eigenvalue weighted by molar-refractivity contribution is -0.189. The van der Waals surface area contributed by atoms with Crippen LogP contribution >= 0.6 is 0 Å². The SMILES string of the molecule is C=C=CCCCCCCCCOCCOCCOCCOCCOc1ccc(C(=O)CC(C(=O)C(F)(F)F)C(=O)C(F)(F)F)cc1. The van der Waals surface area contributed by atoms with Gasteiger partial charge in [-0.05, 0) is 49.6 Å². The number of rotatable bonds is 27. The van der Waals surface area contributed by atoms with Crippen molar-refractivity contribution in [2.24, 2.45) is 5.92 Å². The third-order valence-corrected chi connectivity index (χ3v) is 6.40. The van der Waals surface area contributed by atoms with Crippen LogP contribution < -0.4 is 4.74 Å². The highest BCUT2D eigenvalue weighted by Gasteiger charge is 2.53. The van der Waals surface area contributed by atoms with Gasteiger partial charge in [-0.1, -0.05) is 32.3 Å². The fraction of sp³-hybridized carbons (Fsp3) is 0.625. The molecule has 0 aliphatic rings. The summed E-state index contributed by atoms with van der Waals surface area (Å²) in [5.41, 5.74) is 2.49. The predicted octanol–water partition coefficient (Wildman–Crippen LogP) is 6.66. The molecule has 1 aromatic carbocycles. The number of benzene rings is 1. The van der Waals surface area contributed by atoms with Crippen LogP contribution in [0.4, 0.5) is 26.3 Å². The van der Waals surface area contributed by atoms with Crippen LogP contribution in [0, 0.1) is 5.92 Å². The van der Waals surface area contributed by atoms with Crippen molar-refractivity contribution < 1.29 is 64.4 Å². The van der Waals surface area contributed by atoms with E-state index < -0.39 is 42.0 Å². The number of carbonyl (C=O) groups is 3. The largest absolute Gasteiger partial charge is 0.491 e. The average molecular weight is 669 g/mol. The molecule has 14 heteroatoms. The second kappa shape index (κ2) is 23.3. The van der Waals surface area contributed by atoms with Gasteiger partial charge in [0.25, 0.3) is 0 Å². The van der Waals surface area contributed by atoms with Crippen molar-refractivity contribution in [3.63, 3.8) is 0 Å². The Morgan fingerprint density at radius 2 is 1.09 bits per heavy atom. The highest BCUT2D eigenvalue weighted by atomic mass is 19.4. The number of hydrogen-bond acceptors (Lipinski definition) is 8. The molecule has 1 rings (SSSR count). The quantitative estimate of drug-likeness (QED) is 0.0338. The first-order chi connectivity index (χ1) is 21.9. The first-order valence-electron chi connectivity index (χ1n) is 15.0. The van der Waals surface area contributed by atoms with Gasteiger partial charge in [0.1, 0.15) is 18.3 Å². The number of unbranched alkanes of at least 4 members (excludes halogenated alkanes) is 6. The number of carbonyl (C=O) groups excluding carboxylic acids is 3. The molecule has 1 aromatic rings. The number of alkyl halides is 6. The summed E-state index contributed by atoms with van der Waals surface area (Å²) in [5.74, 6) is -10.1. The van der Waals surface area contributed by atoms with Crippen LogP contribution in [0.1, 0.15) is 61.7 Å². The summed E-state index contributed by atoms with van der Waals surface area (Å²) >= 11 is 0. The first-order valence-corrected chi connectivity index (χ1v) is 15.0. The van der Waals surface area contributed by atoms with Gasteiger partial charge < -0.3 is 23.7 Å². The van der Waals surface area contributed by atoms with E-state index in [2.05, 4.69) is 12.3 Å². The maximum absolute atomic E-state index is 12.7. The molecule has 0 atom stereocenters. The number of Topliss-reactive ketones (excluding diaryl/α,β-unsaturated/α-hetero) is 3. The zero-order valence-corrected chi connectivity index (χ0v) is 25.7. The fourth-order valence-corrected chi connectivity index (χ4v) is 3.98. The van der Waals surface area contributed by atoms with Crippen LogP contribution in [-0.2, 0) is 28.5 Å². The van der Waals surface area contributed by atoms with Gasteiger partial charge in [-0.2, -0.15) is 26.3 Å². The summed E-state index contributed by atoms with van der Waals surface area (Å²) in [4.78, 5) is 35.0. The molecule has 0 bridgehead atoms. The van der Waals surface area contributed by atoms with E-state index in [1.807, 2.05) is 6.08 Å². The molecule has 0 saturated carbocycles. The Morgan fingerprint density at radius 1 is 0.652 bits per heavy atom. The maximum Gasteiger partial charge on any atom is 0.450 e. The molecule has 0 radical (unpaired) electrons. The molecule has 0 amide bonds. The van der Waals surface area contributed by atoms with Crippen molar-refractivity contribution in [2.45, 2.75) is 63.7 Å². The van der Waals surface area contributed by atoms with E-state index in [1.54, 1.807) is 0 Å². The van der Waals surface area contributed by atoms with E-state index in [4.69, 9.17) is 23.7 Å². The minimum atomic E-state index is -5.72. The topological polar surface area (TPSA) is 97.4 Å². The summed E-state index contributed by atoms with van der Waals surface area (Å²) in [6.45, 7) is 7.01. The summed E-state index contributed by atoms with van der Waals surface area (Å²) in [5, 5.41) is 0. The van der Waals surface area contributed by atoms with Crippen molar-refractivity contribution in [3.05, 3.63) is 48.2 Å². The van der Waals surface area contributed by atoms with Crippen LogP contribution in [0.5, 0.6) is 5.75 Å². The Bertz CT molecular complexity index is 1040. The minimum absolute atomic E-state index is 0.104. The third kappa shape index (κ3) is 18.8. The van der Waals surface area contributed by atoms with Crippen molar-refractivity contribution in [2.75, 3.05) is 59.5 Å². The highest BCUT2D eigenvalue weighted by molar-refractivity contribution is 6.11. The summed E-state index contributed by atoms with van der Waals surface area (Å²) in [6, 6.07) is 4.73. The number of ether oxygens (including phenoxy) is 5. The first kappa shape index (κ1) is 41.0. The van der Waals surface area contributed by atoms with Crippen molar-refractivity contribution in [1.29, 1.82) is 0 Å². The zero-order chi connectivity index (χ0) is 34.3. The molecule has 0 spiro atoms. The highest BCUT2D eigenvalue weighted by Crippen LogP contribution is 2.30. The molecule has 0 saturated heterocycles. The van der Waals surface area contributed by atoms with Crippen molar-refractivity contribution >= 4 is 17.3 Å². The van der Waals surface area contributed by atoms with E-state index in [0.29, 0.717) is 39.6 Å². The maximum atomic E-state index is 12.7. The summed E-state index contributed by atoms with van der Waals surface area (Å²) in [6.07, 6.45) is -2.95. The van der Waals surface area contributed by atoms with Gasteiger partial charge in [0, 0.05) is 18.6 Å². The summed E-state index contributed by atoms with van der Waals surface area (Å²) in [7, 11) is 0. The van der Waals surface area contributed by atoms with E-state index in [-0.39, 0.29) is 24.5 Å². The molecular weight excluding hydrogens is 626 g/mol. The van der Waals surface area contributed by atoms with Crippen LogP contribution in [0.15, 0.2) is 42.7 Å². The van der Waals surface area contributed by atoms with E-state index in [1.165, 1.54) is 37.8 Å². The molecule has 0 aliphatic carbocycles. The molecule has 0 heterocycles. The molecule has 8 nitrogen and oxygen atoms in total. The molecule has 46 heavy (non-hydrogen) atoms. The van der Waals surface area contributed by atoms with Gasteiger partial charge in [-0.3, -0.25) is 14.4 Å². The van der Waals surface area contributed by atoms with Crippen LogP contribution in [0.2, 0.25) is 0 Å². The van der Waals surface area contributed by atoms with Gasteiger partial charge >= 0.3 is 12.4 Å². The number of halogens is 6. The second-order valence-electron chi connectivity index (χ2n) is 10.0. The molecule has 0 N–H and O–H groups in total. The normalized spacial score (nSPS) is 11.8. The summed E-state index contributed by atoms with van der Waals surface area (Å²) < 4.78 is 103. The van der Waals surface area contributed by atoms with E-state index >= 15 is 0 Å².